The van der Waals surface area contributed by atoms with E-state index in [1.807, 2.05) is 80.6 Å². The normalized spacial score (nSPS) is 17.9. The lowest BCUT2D eigenvalue weighted by molar-refractivity contribution is -0.128. The van der Waals surface area contributed by atoms with Gasteiger partial charge in [-0.05, 0) is 86.2 Å². The second-order valence-corrected chi connectivity index (χ2v) is 16.1. The number of benzene rings is 3. The zero-order valence-corrected chi connectivity index (χ0v) is 33.5. The second-order valence-electron chi connectivity index (χ2n) is 13.4. The van der Waals surface area contributed by atoms with Crippen LogP contribution >= 0.6 is 58.8 Å². The van der Waals surface area contributed by atoms with Gasteiger partial charge >= 0.3 is 6.09 Å². The van der Waals surface area contributed by atoms with Gasteiger partial charge in [0.15, 0.2) is 5.60 Å². The molecule has 9 nitrogen and oxygen atoms in total. The maximum atomic E-state index is 14.4. The highest BCUT2D eigenvalue weighted by molar-refractivity contribution is 6.68. The highest BCUT2D eigenvalue weighted by Gasteiger charge is 2.50. The summed E-state index contributed by atoms with van der Waals surface area (Å²) in [5.74, 6) is 0.908. The van der Waals surface area contributed by atoms with E-state index in [1.54, 1.807) is 11.9 Å². The molecule has 282 valence electrons. The van der Waals surface area contributed by atoms with E-state index in [0.717, 1.165) is 22.3 Å². The van der Waals surface area contributed by atoms with Gasteiger partial charge in [0, 0.05) is 25.7 Å². The van der Waals surface area contributed by atoms with Crippen molar-refractivity contribution in [3.8, 4) is 11.5 Å². The molecule has 52 heavy (non-hydrogen) atoms. The van der Waals surface area contributed by atoms with Gasteiger partial charge in [0.25, 0.3) is 5.91 Å². The molecule has 0 aliphatic carbocycles. The Kier molecular flexibility index (Phi) is 14.1. The van der Waals surface area contributed by atoms with Crippen LogP contribution in [0, 0.1) is 13.8 Å². The summed E-state index contributed by atoms with van der Waals surface area (Å²) in [4.78, 5) is 31.3. The Labute approximate surface area is 331 Å². The quantitative estimate of drug-likeness (QED) is 0.149. The molecular formula is C38H44Cl5N3O6. The van der Waals surface area contributed by atoms with E-state index >= 15 is 0 Å². The minimum Gasteiger partial charge on any atom is -0.490 e. The molecule has 0 saturated carbocycles. The van der Waals surface area contributed by atoms with Gasteiger partial charge in [-0.15, -0.1) is 12.4 Å². The van der Waals surface area contributed by atoms with Gasteiger partial charge in [0.2, 0.25) is 3.79 Å². The van der Waals surface area contributed by atoms with Gasteiger partial charge in [-0.2, -0.15) is 0 Å². The molecule has 3 aromatic carbocycles. The van der Waals surface area contributed by atoms with Gasteiger partial charge in [-0.1, -0.05) is 88.9 Å². The lowest BCUT2D eigenvalue weighted by atomic mass is 9.82. The van der Waals surface area contributed by atoms with Crippen LogP contribution in [0.25, 0.3) is 5.57 Å². The van der Waals surface area contributed by atoms with Crippen LogP contribution in [-0.4, -0.2) is 88.3 Å². The lowest BCUT2D eigenvalue weighted by Crippen LogP contribution is -2.64. The fourth-order valence-corrected chi connectivity index (χ4v) is 6.59. The largest absolute Gasteiger partial charge is 0.490 e. The van der Waals surface area contributed by atoms with Crippen molar-refractivity contribution in [1.29, 1.82) is 0 Å². The third kappa shape index (κ3) is 9.61. The number of aryl methyl sites for hydroxylation is 2. The molecule has 1 fully saturated rings. The van der Waals surface area contributed by atoms with Crippen molar-refractivity contribution in [1.82, 2.24) is 15.1 Å². The van der Waals surface area contributed by atoms with Crippen molar-refractivity contribution in [2.24, 2.45) is 0 Å². The molecule has 3 aromatic rings. The van der Waals surface area contributed by atoms with E-state index in [9.17, 15) is 14.7 Å². The number of aliphatic hydroxyl groups is 1. The number of nitrogens with zero attached hydrogens (tertiary/aromatic N) is 2. The van der Waals surface area contributed by atoms with Gasteiger partial charge < -0.3 is 29.5 Å². The average Bonchev–Trinajstić information content (AvgIpc) is 3.08. The Morgan fingerprint density at radius 3 is 2.27 bits per heavy atom. The number of halogens is 5. The Bertz CT molecular complexity index is 1750. The summed E-state index contributed by atoms with van der Waals surface area (Å²) in [5.41, 5.74) is 3.44. The van der Waals surface area contributed by atoms with Crippen LogP contribution in [0.3, 0.4) is 0 Å². The zero-order valence-electron chi connectivity index (χ0n) is 29.6. The van der Waals surface area contributed by atoms with E-state index in [-0.39, 0.29) is 30.9 Å². The number of fused-ring (bicyclic) bond motifs is 2. The number of piperazine rings is 1. The maximum absolute atomic E-state index is 14.4. The van der Waals surface area contributed by atoms with Crippen LogP contribution in [0.4, 0.5) is 4.79 Å². The van der Waals surface area contributed by atoms with Crippen LogP contribution in [0.15, 0.2) is 72.3 Å². The third-order valence-corrected chi connectivity index (χ3v) is 11.0. The number of alkyl halides is 3. The molecule has 0 radical (unpaired) electrons. The molecule has 1 saturated heterocycles. The van der Waals surface area contributed by atoms with E-state index in [4.69, 9.17) is 60.6 Å². The van der Waals surface area contributed by atoms with E-state index in [2.05, 4.69) is 5.32 Å². The Hall–Kier alpha value is -2.89. The summed E-state index contributed by atoms with van der Waals surface area (Å²) in [6, 6.07) is 19.4. The first-order valence-corrected chi connectivity index (χ1v) is 18.2. The van der Waals surface area contributed by atoms with Crippen molar-refractivity contribution in [3.63, 3.8) is 0 Å². The summed E-state index contributed by atoms with van der Waals surface area (Å²) in [6.45, 7) is 8.45. The number of nitrogens with one attached hydrogen (secondary N) is 1. The minimum atomic E-state index is -1.89. The number of hydrogen-bond acceptors (Lipinski definition) is 7. The predicted octanol–water partition coefficient (Wildman–Crippen LogP) is 8.11. The molecule has 3 atom stereocenters. The molecule has 2 N–H and O–H groups in total. The molecule has 14 heteroatoms. The number of rotatable bonds is 11. The fraction of sp³-hybridized carbons (Fsp3) is 0.421. The number of likely N-dealkylation sites (N-methyl/N-ethyl adjacent to an activating group) is 1. The van der Waals surface area contributed by atoms with Crippen molar-refractivity contribution in [3.05, 3.63) is 99.6 Å². The number of aliphatic hydroxyl groups excluding tert-OH is 1. The standard InChI is InChI=1S/C38H43Cl4N3O6.ClH/c1-23-17-30(39)33(18-24(23)2)50-16-15-49-28-13-11-25(12-14-28)29-19-27-20-43-21-31(45(27)36(48)51-37(3,4)38(40,41)42)34(29)35(47)44(5)22-32(46)26-9-7-6-8-10-26;/h6-14,17-18,27,31-32,43,46H,15-16,19-22H2,1-5H3;1H/t27?,31?,32-;/m1./s1. The van der Waals surface area contributed by atoms with Crippen molar-refractivity contribution in [2.45, 2.75) is 61.7 Å². The highest BCUT2D eigenvalue weighted by Crippen LogP contribution is 2.43. The smallest absolute Gasteiger partial charge is 0.411 e. The lowest BCUT2D eigenvalue weighted by Gasteiger charge is -2.48. The first-order valence-electron chi connectivity index (χ1n) is 16.7. The molecule has 2 bridgehead atoms. The summed E-state index contributed by atoms with van der Waals surface area (Å²) >= 11 is 24.8. The molecule has 0 spiro atoms. The Morgan fingerprint density at radius 2 is 1.62 bits per heavy atom. The average molecular weight is 816 g/mol. The molecule has 5 rings (SSSR count). The molecular weight excluding hydrogens is 772 g/mol. The number of carbonyl (C=O) groups excluding carboxylic acids is 2. The number of ether oxygens (including phenoxy) is 3. The molecule has 2 amide bonds. The first-order chi connectivity index (χ1) is 24.1. The molecule has 2 heterocycles. The van der Waals surface area contributed by atoms with Crippen LogP contribution in [0.1, 0.15) is 48.6 Å². The molecule has 2 aliphatic rings. The third-order valence-electron chi connectivity index (χ3n) is 9.35. The maximum Gasteiger partial charge on any atom is 0.411 e. The Morgan fingerprint density at radius 1 is 0.981 bits per heavy atom. The summed E-state index contributed by atoms with van der Waals surface area (Å²) in [7, 11) is 1.64. The minimum absolute atomic E-state index is 0. The SMILES string of the molecule is Cc1cc(Cl)c(OCCOc2ccc(C3=C(C(=O)N(C)C[C@@H](O)c4ccccc4)C4CNCC(C3)N4C(=O)OC(C)(C)C(Cl)(Cl)Cl)cc2)cc1C.Cl. The summed E-state index contributed by atoms with van der Waals surface area (Å²) in [6.07, 6.45) is -1.25. The zero-order chi connectivity index (χ0) is 37.1. The van der Waals surface area contributed by atoms with Gasteiger partial charge in [0.1, 0.15) is 24.7 Å². The summed E-state index contributed by atoms with van der Waals surface area (Å²) < 4.78 is 15.7. The van der Waals surface area contributed by atoms with E-state index in [0.29, 0.717) is 60.4 Å². The van der Waals surface area contributed by atoms with Gasteiger partial charge in [-0.3, -0.25) is 9.69 Å². The van der Waals surface area contributed by atoms with Crippen LogP contribution < -0.4 is 14.8 Å². The van der Waals surface area contributed by atoms with E-state index < -0.39 is 27.6 Å². The monoisotopic (exact) mass is 813 g/mol. The van der Waals surface area contributed by atoms with Crippen molar-refractivity contribution >= 4 is 76.4 Å². The van der Waals surface area contributed by atoms with Crippen LogP contribution in [0.5, 0.6) is 11.5 Å². The second kappa shape index (κ2) is 17.5. The molecule has 2 unspecified atom stereocenters. The van der Waals surface area contributed by atoms with Crippen molar-refractivity contribution < 1.29 is 28.9 Å². The Balaban J connectivity index is 0.00000605. The molecule has 2 aliphatic heterocycles. The molecule has 0 aromatic heterocycles. The number of carbonyl (C=O) groups is 2. The fourth-order valence-electron chi connectivity index (χ4n) is 6.20. The first kappa shape index (κ1) is 41.9. The van der Waals surface area contributed by atoms with Crippen LogP contribution in [0.2, 0.25) is 5.02 Å². The number of hydrogen-bond donors (Lipinski definition) is 2. The van der Waals surface area contributed by atoms with Gasteiger partial charge in [-0.25, -0.2) is 4.79 Å². The summed E-state index contributed by atoms with van der Waals surface area (Å²) in [5, 5.41) is 14.9. The topological polar surface area (TPSA) is 101 Å². The number of amides is 2. The van der Waals surface area contributed by atoms with Crippen molar-refractivity contribution in [2.75, 3.05) is 39.9 Å². The van der Waals surface area contributed by atoms with Crippen LogP contribution in [-0.2, 0) is 9.53 Å². The highest BCUT2D eigenvalue weighted by atomic mass is 35.6. The van der Waals surface area contributed by atoms with E-state index in [1.165, 1.54) is 18.7 Å². The van der Waals surface area contributed by atoms with Gasteiger partial charge in [0.05, 0.1) is 29.8 Å². The predicted molar refractivity (Wildman–Crippen MR) is 209 cm³/mol.